The highest BCUT2D eigenvalue weighted by Crippen LogP contribution is 2.19. The Balaban J connectivity index is 1.80. The molecule has 1 atom stereocenters. The summed E-state index contributed by atoms with van der Waals surface area (Å²) in [5.74, 6) is -0.856. The van der Waals surface area contributed by atoms with Gasteiger partial charge in [0.2, 0.25) is 17.6 Å². The lowest BCUT2D eigenvalue weighted by atomic mass is 10.2. The molecule has 0 aliphatic carbocycles. The fraction of sp³-hybridized carbons (Fsp3) is 0.267. The van der Waals surface area contributed by atoms with Gasteiger partial charge in [0, 0.05) is 6.07 Å². The topological polar surface area (TPSA) is 83.3 Å². The van der Waals surface area contributed by atoms with Crippen molar-refractivity contribution < 1.29 is 13.3 Å². The summed E-state index contributed by atoms with van der Waals surface area (Å²) in [6.07, 6.45) is 5.07. The van der Waals surface area contributed by atoms with Crippen LogP contribution in [0.5, 0.6) is 0 Å². The van der Waals surface area contributed by atoms with Crippen molar-refractivity contribution in [1.29, 1.82) is 0 Å². The number of anilines is 1. The third-order valence-corrected chi connectivity index (χ3v) is 3.58. The minimum Gasteiger partial charge on any atom is -0.346 e. The van der Waals surface area contributed by atoms with Crippen LogP contribution in [-0.2, 0) is 13.5 Å². The molecule has 1 unspecified atom stereocenters. The molecule has 2 N–H and O–H groups in total. The summed E-state index contributed by atoms with van der Waals surface area (Å²) >= 11 is 5.95. The van der Waals surface area contributed by atoms with E-state index in [1.807, 2.05) is 17.8 Å². The van der Waals surface area contributed by atoms with Crippen LogP contribution in [0.3, 0.4) is 0 Å². The van der Waals surface area contributed by atoms with Crippen LogP contribution in [0.15, 0.2) is 24.8 Å². The van der Waals surface area contributed by atoms with Crippen molar-refractivity contribution in [3.63, 3.8) is 0 Å². The number of aryl methyl sites for hydroxylation is 1. The van der Waals surface area contributed by atoms with E-state index in [1.54, 1.807) is 13.3 Å². The van der Waals surface area contributed by atoms with Gasteiger partial charge in [-0.2, -0.15) is 9.97 Å². The Morgan fingerprint density at radius 3 is 2.80 bits per heavy atom. The molecule has 10 heteroatoms. The monoisotopic (exact) mass is 366 g/mol. The van der Waals surface area contributed by atoms with Gasteiger partial charge in [-0.25, -0.2) is 23.3 Å². The lowest BCUT2D eigenvalue weighted by Crippen LogP contribution is -2.23. The summed E-state index contributed by atoms with van der Waals surface area (Å²) < 4.78 is 28.7. The van der Waals surface area contributed by atoms with E-state index >= 15 is 0 Å². The average Bonchev–Trinajstić information content (AvgIpc) is 2.91. The molecule has 0 amide bonds. The van der Waals surface area contributed by atoms with Crippen LogP contribution in [0, 0.1) is 11.6 Å². The van der Waals surface area contributed by atoms with E-state index in [2.05, 4.69) is 30.2 Å². The second kappa shape index (κ2) is 7.06. The predicted molar refractivity (Wildman–Crippen MR) is 85.8 cm³/mol. The summed E-state index contributed by atoms with van der Waals surface area (Å²) in [5.41, 5.74) is 0.950. The summed E-state index contributed by atoms with van der Waals surface area (Å²) in [4.78, 5) is 19.2. The highest BCUT2D eigenvalue weighted by Gasteiger charge is 2.16. The summed E-state index contributed by atoms with van der Waals surface area (Å²) in [5, 5.41) is 2.92. The zero-order valence-electron chi connectivity index (χ0n) is 13.5. The van der Waals surface area contributed by atoms with Gasteiger partial charge >= 0.3 is 0 Å². The van der Waals surface area contributed by atoms with Crippen LogP contribution in [0.1, 0.15) is 30.2 Å². The Kier molecular flexibility index (Phi) is 4.84. The number of aromatic nitrogens is 6. The average molecular weight is 367 g/mol. The van der Waals surface area contributed by atoms with Gasteiger partial charge in [0.25, 0.3) is 0 Å². The number of hydrogen-bond donors (Lipinski definition) is 2. The zero-order valence-corrected chi connectivity index (χ0v) is 14.2. The number of imidazole rings is 1. The number of aromatic amines is 1. The van der Waals surface area contributed by atoms with E-state index in [0.717, 1.165) is 18.0 Å². The summed E-state index contributed by atoms with van der Waals surface area (Å²) in [6.45, 7) is 1.66. The van der Waals surface area contributed by atoms with Crippen molar-refractivity contribution in [2.75, 3.05) is 5.32 Å². The fourth-order valence-corrected chi connectivity index (χ4v) is 2.49. The molecule has 0 saturated heterocycles. The van der Waals surface area contributed by atoms with Crippen molar-refractivity contribution in [3.05, 3.63) is 58.9 Å². The molecular weight excluding hydrogens is 352 g/mol. The molecule has 0 bridgehead atoms. The molecule has 25 heavy (non-hydrogen) atoms. The maximum Gasteiger partial charge on any atom is 0.241 e. The van der Waals surface area contributed by atoms with Gasteiger partial charge in [-0.15, -0.1) is 0 Å². The molecule has 0 saturated carbocycles. The minimum atomic E-state index is -0.751. The van der Waals surface area contributed by atoms with E-state index < -0.39 is 17.7 Å². The molecule has 0 spiro atoms. The second-order valence-corrected chi connectivity index (χ2v) is 5.84. The maximum absolute atomic E-state index is 13.8. The lowest BCUT2D eigenvalue weighted by molar-refractivity contribution is -0.670. The predicted octanol–water partition coefficient (Wildman–Crippen LogP) is 2.11. The molecule has 3 heterocycles. The van der Waals surface area contributed by atoms with Crippen molar-refractivity contribution in [2.45, 2.75) is 19.4 Å². The number of nitrogens with zero attached hydrogens (tertiary/aromatic N) is 5. The molecule has 0 aliphatic rings. The van der Waals surface area contributed by atoms with Crippen molar-refractivity contribution >= 4 is 17.5 Å². The largest absolute Gasteiger partial charge is 0.346 e. The molecular formula is C15H15ClF2N7+. The van der Waals surface area contributed by atoms with Gasteiger partial charge < -0.3 is 5.32 Å². The van der Waals surface area contributed by atoms with Crippen molar-refractivity contribution in [3.8, 4) is 0 Å². The number of H-pyrrole nitrogens is 1. The van der Waals surface area contributed by atoms with Crippen molar-refractivity contribution in [1.82, 2.24) is 24.9 Å². The standard InChI is InChI=1S/C15H14ClF2N7/c1-8(13-11(18)3-9(17)5-19-13)21-15-23-12(22-14(16)24-15)4-10-6-25(2)7-20-10/h3,5-8H,4H2,1-2H3,(H,21,22,23,24)/p+1. The molecule has 3 aromatic rings. The highest BCUT2D eigenvalue weighted by atomic mass is 35.5. The van der Waals surface area contributed by atoms with Crippen LogP contribution in [-0.4, -0.2) is 24.9 Å². The Morgan fingerprint density at radius 1 is 1.32 bits per heavy atom. The van der Waals surface area contributed by atoms with Gasteiger partial charge in [0.1, 0.15) is 29.3 Å². The number of nitrogens with one attached hydrogen (secondary N) is 2. The van der Waals surface area contributed by atoms with Gasteiger partial charge in [-0.3, -0.25) is 4.98 Å². The summed E-state index contributed by atoms with van der Waals surface area (Å²) in [7, 11) is 1.89. The smallest absolute Gasteiger partial charge is 0.241 e. The number of halogens is 3. The SMILES string of the molecule is CC(Nc1nc(Cl)nc(Cc2c[n+](C)c[nH]2)n1)c1ncc(F)cc1F. The van der Waals surface area contributed by atoms with Gasteiger partial charge in [0.05, 0.1) is 31.4 Å². The quantitative estimate of drug-likeness (QED) is 0.676. The van der Waals surface area contributed by atoms with E-state index in [0.29, 0.717) is 12.2 Å². The first-order valence-electron chi connectivity index (χ1n) is 7.41. The first-order chi connectivity index (χ1) is 11.9. The first kappa shape index (κ1) is 17.2. The van der Waals surface area contributed by atoms with Crippen LogP contribution in [0.2, 0.25) is 5.28 Å². The van der Waals surface area contributed by atoms with Crippen LogP contribution < -0.4 is 9.88 Å². The van der Waals surface area contributed by atoms with Gasteiger partial charge in [-0.1, -0.05) is 0 Å². The number of pyridine rings is 1. The molecule has 0 radical (unpaired) electrons. The second-order valence-electron chi connectivity index (χ2n) is 5.50. The minimum absolute atomic E-state index is 0.0168. The Morgan fingerprint density at radius 2 is 2.12 bits per heavy atom. The van der Waals surface area contributed by atoms with Crippen molar-refractivity contribution in [2.24, 2.45) is 7.05 Å². The van der Waals surface area contributed by atoms with E-state index in [1.165, 1.54) is 0 Å². The summed E-state index contributed by atoms with van der Waals surface area (Å²) in [6, 6.07) is 0.188. The van der Waals surface area contributed by atoms with Gasteiger partial charge in [0.15, 0.2) is 0 Å². The van der Waals surface area contributed by atoms with E-state index in [9.17, 15) is 8.78 Å². The fourth-order valence-electron chi connectivity index (χ4n) is 2.31. The molecule has 3 rings (SSSR count). The number of hydrogen-bond acceptors (Lipinski definition) is 5. The van der Waals surface area contributed by atoms with Crippen LogP contribution in [0.25, 0.3) is 0 Å². The van der Waals surface area contributed by atoms with E-state index in [4.69, 9.17) is 11.6 Å². The molecule has 0 aromatic carbocycles. The Hall–Kier alpha value is -2.68. The van der Waals surface area contributed by atoms with Gasteiger partial charge in [-0.05, 0) is 18.5 Å². The maximum atomic E-state index is 13.8. The van der Waals surface area contributed by atoms with Crippen LogP contribution >= 0.6 is 11.6 Å². The number of rotatable bonds is 5. The van der Waals surface area contributed by atoms with Crippen LogP contribution in [0.4, 0.5) is 14.7 Å². The third-order valence-electron chi connectivity index (χ3n) is 3.41. The lowest BCUT2D eigenvalue weighted by Gasteiger charge is -2.14. The Bertz CT molecular complexity index is 899. The molecule has 0 aliphatic heterocycles. The first-order valence-corrected chi connectivity index (χ1v) is 7.79. The Labute approximate surface area is 147 Å². The zero-order chi connectivity index (χ0) is 18.0. The normalized spacial score (nSPS) is 12.2. The van der Waals surface area contributed by atoms with E-state index in [-0.39, 0.29) is 16.9 Å². The molecule has 130 valence electrons. The molecule has 7 nitrogen and oxygen atoms in total. The third kappa shape index (κ3) is 4.24. The molecule has 3 aromatic heterocycles. The molecule has 0 fully saturated rings. The highest BCUT2D eigenvalue weighted by molar-refractivity contribution is 6.28.